The Morgan fingerprint density at radius 3 is 2.12 bits per heavy atom. The summed E-state index contributed by atoms with van der Waals surface area (Å²) in [5.41, 5.74) is 14.8. The highest BCUT2D eigenvalue weighted by atomic mass is 16.3. The molecule has 9 aromatic rings. The van der Waals surface area contributed by atoms with E-state index in [1.807, 2.05) is 6.07 Å². The lowest BCUT2D eigenvalue weighted by Crippen LogP contribution is -2.30. The monoisotopic (exact) mass is 650 g/mol. The number of imidazole rings is 1. The highest BCUT2D eigenvalue weighted by molar-refractivity contribution is 6.21. The number of aryl methyl sites for hydroxylation is 2. The Hall–Kier alpha value is -5.74. The van der Waals surface area contributed by atoms with E-state index < -0.39 is 0 Å². The molecule has 0 amide bonds. The Morgan fingerprint density at radius 1 is 0.660 bits per heavy atom. The zero-order chi connectivity index (χ0) is 34.3. The first-order chi connectivity index (χ1) is 24.3. The van der Waals surface area contributed by atoms with Crippen molar-refractivity contribution < 1.29 is 8.98 Å². The zero-order valence-electron chi connectivity index (χ0n) is 29.5. The SMILES string of the molecule is Cc1ccc2c(oc3ccc4nc5ccccc5cc4c32)c1-c1n(-c2c(C(C)C)cc(-c3ccccc3)cc2C(C)C)c2ccccc2[n+]1C. The van der Waals surface area contributed by atoms with Gasteiger partial charge in [-0.15, -0.1) is 0 Å². The average Bonchev–Trinajstić information content (AvgIpc) is 3.65. The summed E-state index contributed by atoms with van der Waals surface area (Å²) in [5.74, 6) is 1.70. The molecule has 4 heteroatoms. The van der Waals surface area contributed by atoms with E-state index in [1.165, 1.54) is 44.5 Å². The van der Waals surface area contributed by atoms with Crippen molar-refractivity contribution in [2.75, 3.05) is 0 Å². The van der Waals surface area contributed by atoms with Gasteiger partial charge in [0.2, 0.25) is 0 Å². The predicted molar refractivity (Wildman–Crippen MR) is 208 cm³/mol. The minimum Gasteiger partial charge on any atom is -0.455 e. The van der Waals surface area contributed by atoms with Crippen molar-refractivity contribution >= 4 is 54.8 Å². The third kappa shape index (κ3) is 4.51. The van der Waals surface area contributed by atoms with Crippen LogP contribution in [-0.4, -0.2) is 9.55 Å². The van der Waals surface area contributed by atoms with Crippen molar-refractivity contribution in [1.82, 2.24) is 9.55 Å². The molecule has 0 spiro atoms. The number of hydrogen-bond donors (Lipinski definition) is 0. The fraction of sp³-hybridized carbons (Fsp3) is 0.174. The van der Waals surface area contributed by atoms with Crippen molar-refractivity contribution in [2.45, 2.75) is 46.5 Å². The Morgan fingerprint density at radius 2 is 1.36 bits per heavy atom. The number of benzene rings is 6. The molecule has 0 unspecified atom stereocenters. The Balaban J connectivity index is 1.41. The number of furan rings is 1. The second-order valence-corrected chi connectivity index (χ2v) is 14.3. The summed E-state index contributed by atoms with van der Waals surface area (Å²) in [6.45, 7) is 11.5. The van der Waals surface area contributed by atoms with E-state index in [1.54, 1.807) is 0 Å². The van der Waals surface area contributed by atoms with E-state index in [-0.39, 0.29) is 0 Å². The van der Waals surface area contributed by atoms with Gasteiger partial charge in [-0.25, -0.2) is 9.55 Å². The van der Waals surface area contributed by atoms with Crippen molar-refractivity contribution in [2.24, 2.45) is 7.05 Å². The van der Waals surface area contributed by atoms with Crippen LogP contribution in [0, 0.1) is 6.92 Å². The summed E-state index contributed by atoms with van der Waals surface area (Å²) in [7, 11) is 2.20. The third-order valence-electron chi connectivity index (χ3n) is 10.5. The quantitative estimate of drug-likeness (QED) is 0.137. The number of nitrogens with zero attached hydrogens (tertiary/aromatic N) is 3. The molecule has 0 aliphatic carbocycles. The van der Waals surface area contributed by atoms with Gasteiger partial charge in [-0.05, 0) is 84.0 Å². The summed E-state index contributed by atoms with van der Waals surface area (Å²) in [4.78, 5) is 5.04. The Kier molecular flexibility index (Phi) is 6.93. The molecule has 0 bridgehead atoms. The first-order valence-corrected chi connectivity index (χ1v) is 17.7. The minimum absolute atomic E-state index is 0.294. The third-order valence-corrected chi connectivity index (χ3v) is 10.5. The van der Waals surface area contributed by atoms with Crippen molar-refractivity contribution in [3.63, 3.8) is 0 Å². The Bertz CT molecular complexity index is 2750. The molecule has 0 atom stereocenters. The van der Waals surface area contributed by atoms with Crippen LogP contribution in [0.2, 0.25) is 0 Å². The second kappa shape index (κ2) is 11.4. The highest BCUT2D eigenvalue weighted by Crippen LogP contribution is 2.44. The van der Waals surface area contributed by atoms with Gasteiger partial charge < -0.3 is 4.42 Å². The van der Waals surface area contributed by atoms with Crippen molar-refractivity contribution in [3.8, 4) is 28.2 Å². The molecule has 0 aliphatic heterocycles. The molecule has 0 saturated carbocycles. The first kappa shape index (κ1) is 30.3. The number of aromatic nitrogens is 3. The van der Waals surface area contributed by atoms with E-state index in [4.69, 9.17) is 9.40 Å². The van der Waals surface area contributed by atoms with Gasteiger partial charge in [-0.3, -0.25) is 0 Å². The van der Waals surface area contributed by atoms with Crippen LogP contribution in [0.5, 0.6) is 0 Å². The normalized spacial score (nSPS) is 12.2. The summed E-state index contributed by atoms with van der Waals surface area (Å²) in [6.07, 6.45) is 0. The smallest absolute Gasteiger partial charge is 0.299 e. The fourth-order valence-electron chi connectivity index (χ4n) is 8.00. The van der Waals surface area contributed by atoms with E-state index in [9.17, 15) is 0 Å². The number of hydrogen-bond acceptors (Lipinski definition) is 2. The van der Waals surface area contributed by atoms with E-state index >= 15 is 0 Å². The average molecular weight is 651 g/mol. The van der Waals surface area contributed by atoms with Crippen LogP contribution < -0.4 is 4.57 Å². The lowest BCUT2D eigenvalue weighted by Gasteiger charge is -2.21. The van der Waals surface area contributed by atoms with Gasteiger partial charge >= 0.3 is 0 Å². The number of pyridine rings is 1. The molecule has 0 N–H and O–H groups in total. The summed E-state index contributed by atoms with van der Waals surface area (Å²) in [6, 6.07) is 43.7. The second-order valence-electron chi connectivity index (χ2n) is 14.3. The van der Waals surface area contributed by atoms with Gasteiger partial charge in [0.25, 0.3) is 5.82 Å². The maximum atomic E-state index is 6.96. The highest BCUT2D eigenvalue weighted by Gasteiger charge is 2.34. The van der Waals surface area contributed by atoms with Crippen molar-refractivity contribution in [3.05, 3.63) is 138 Å². The largest absolute Gasteiger partial charge is 0.455 e. The van der Waals surface area contributed by atoms with E-state index in [2.05, 4.69) is 166 Å². The van der Waals surface area contributed by atoms with Gasteiger partial charge in [-0.1, -0.05) is 100 Å². The van der Waals surface area contributed by atoms with Crippen LogP contribution in [0.1, 0.15) is 56.2 Å². The standard InChI is InChI=1S/C46H40N3O/c1-27(2)34-25-32(30-14-8-7-9-15-30)26-35(28(3)4)44(34)49-40-19-13-12-18-39(40)48(6)46(49)42-29(5)20-21-33-43-36-24-31-16-10-11-17-37(31)47-38(36)22-23-41(43)50-45(33)42/h7-28H,1-6H3/q+1. The number of fused-ring (bicyclic) bond motifs is 7. The van der Waals surface area contributed by atoms with E-state index in [0.717, 1.165) is 55.1 Å². The predicted octanol–water partition coefficient (Wildman–Crippen LogP) is 11.9. The molecule has 3 aromatic heterocycles. The van der Waals surface area contributed by atoms with Crippen LogP contribution in [0.15, 0.2) is 126 Å². The van der Waals surface area contributed by atoms with Crippen LogP contribution in [0.25, 0.3) is 83.0 Å². The molecule has 50 heavy (non-hydrogen) atoms. The molecule has 244 valence electrons. The maximum Gasteiger partial charge on any atom is 0.299 e. The summed E-state index contributed by atoms with van der Waals surface area (Å²) in [5, 5.41) is 4.45. The molecule has 3 heterocycles. The summed E-state index contributed by atoms with van der Waals surface area (Å²) < 4.78 is 11.8. The number of rotatable bonds is 5. The van der Waals surface area contributed by atoms with Gasteiger partial charge in [-0.2, -0.15) is 4.57 Å². The molecule has 0 fully saturated rings. The van der Waals surface area contributed by atoms with Crippen LogP contribution >= 0.6 is 0 Å². The molecule has 0 radical (unpaired) electrons. The molecule has 9 rings (SSSR count). The maximum absolute atomic E-state index is 6.96. The molecular formula is C46H40N3O+. The van der Waals surface area contributed by atoms with Gasteiger partial charge in [0.05, 0.1) is 18.1 Å². The minimum atomic E-state index is 0.294. The molecular weight excluding hydrogens is 611 g/mol. The van der Waals surface area contributed by atoms with Gasteiger partial charge in [0.1, 0.15) is 16.8 Å². The van der Waals surface area contributed by atoms with E-state index in [0.29, 0.717) is 11.8 Å². The lowest BCUT2D eigenvalue weighted by atomic mass is 9.88. The molecule has 6 aromatic carbocycles. The van der Waals surface area contributed by atoms with Crippen LogP contribution in [0.4, 0.5) is 0 Å². The van der Waals surface area contributed by atoms with Gasteiger partial charge in [0.15, 0.2) is 16.6 Å². The van der Waals surface area contributed by atoms with Gasteiger partial charge in [0, 0.05) is 32.7 Å². The zero-order valence-corrected chi connectivity index (χ0v) is 29.5. The van der Waals surface area contributed by atoms with Crippen molar-refractivity contribution in [1.29, 1.82) is 0 Å². The first-order valence-electron chi connectivity index (χ1n) is 17.7. The fourth-order valence-corrected chi connectivity index (χ4v) is 8.00. The van der Waals surface area contributed by atoms with Crippen LogP contribution in [-0.2, 0) is 7.05 Å². The topological polar surface area (TPSA) is 34.8 Å². The molecule has 0 aliphatic rings. The number of para-hydroxylation sites is 3. The molecule has 4 nitrogen and oxygen atoms in total. The van der Waals surface area contributed by atoms with Crippen LogP contribution in [0.3, 0.4) is 0 Å². The Labute approximate surface area is 292 Å². The summed E-state index contributed by atoms with van der Waals surface area (Å²) >= 11 is 0. The molecule has 0 saturated heterocycles. The lowest BCUT2D eigenvalue weighted by molar-refractivity contribution is -0.633.